The van der Waals surface area contributed by atoms with Gasteiger partial charge >= 0.3 is 0 Å². The molecule has 1 saturated carbocycles. The molecular formula is C29H33N5OS. The van der Waals surface area contributed by atoms with Gasteiger partial charge in [-0.25, -0.2) is 9.19 Å². The van der Waals surface area contributed by atoms with Gasteiger partial charge in [-0.2, -0.15) is 0 Å². The van der Waals surface area contributed by atoms with Gasteiger partial charge in [0.2, 0.25) is 0 Å². The summed E-state index contributed by atoms with van der Waals surface area (Å²) in [6.45, 7) is 8.80. The molecule has 2 aromatic carbocycles. The van der Waals surface area contributed by atoms with E-state index < -0.39 is 11.0 Å². The second-order valence-corrected chi connectivity index (χ2v) is 11.7. The minimum Gasteiger partial charge on any atom is -0.369 e. The zero-order chi connectivity index (χ0) is 24.8. The number of piperazine rings is 1. The van der Waals surface area contributed by atoms with Crippen LogP contribution in [0.5, 0.6) is 0 Å². The van der Waals surface area contributed by atoms with Gasteiger partial charge in [-0.15, -0.1) is 0 Å². The first kappa shape index (κ1) is 23.3. The van der Waals surface area contributed by atoms with E-state index in [0.29, 0.717) is 5.25 Å². The van der Waals surface area contributed by atoms with Crippen molar-refractivity contribution in [2.24, 2.45) is 0 Å². The summed E-state index contributed by atoms with van der Waals surface area (Å²) >= 11 is 0. The predicted octanol–water partition coefficient (Wildman–Crippen LogP) is 5.50. The molecule has 2 fully saturated rings. The molecule has 0 radical (unpaired) electrons. The lowest BCUT2D eigenvalue weighted by molar-refractivity contribution is 0.312. The first-order valence-corrected chi connectivity index (χ1v) is 14.0. The van der Waals surface area contributed by atoms with Crippen molar-refractivity contribution in [1.29, 1.82) is 0 Å². The fourth-order valence-corrected chi connectivity index (χ4v) is 6.35. The number of benzene rings is 2. The van der Waals surface area contributed by atoms with Gasteiger partial charge in [0, 0.05) is 66.5 Å². The Morgan fingerprint density at radius 2 is 1.64 bits per heavy atom. The number of hydrogen-bond donors (Lipinski definition) is 2. The predicted molar refractivity (Wildman–Crippen MR) is 151 cm³/mol. The zero-order valence-corrected chi connectivity index (χ0v) is 22.0. The van der Waals surface area contributed by atoms with Crippen LogP contribution < -0.4 is 9.62 Å². The number of nitrogens with one attached hydrogen (secondary N) is 2. The lowest BCUT2D eigenvalue weighted by atomic mass is 9.97. The van der Waals surface area contributed by atoms with Crippen LogP contribution in [0.1, 0.15) is 24.0 Å². The van der Waals surface area contributed by atoms with Crippen molar-refractivity contribution in [2.45, 2.75) is 31.9 Å². The second kappa shape index (κ2) is 9.37. The van der Waals surface area contributed by atoms with Crippen LogP contribution in [0.3, 0.4) is 0 Å². The van der Waals surface area contributed by atoms with Crippen LogP contribution in [0.25, 0.3) is 33.3 Å². The molecule has 0 spiro atoms. The maximum Gasteiger partial charge on any atom is 0.137 e. The number of H-pyrrole nitrogens is 1. The average Bonchev–Trinajstić information content (AvgIpc) is 3.65. The normalized spacial score (nSPS) is 17.5. The lowest BCUT2D eigenvalue weighted by Crippen LogP contribution is -2.45. The highest BCUT2D eigenvalue weighted by Gasteiger charge is 2.28. The maximum absolute atomic E-state index is 12.2. The van der Waals surface area contributed by atoms with Crippen molar-refractivity contribution in [3.8, 4) is 22.3 Å². The molecule has 7 heteroatoms. The largest absolute Gasteiger partial charge is 0.369 e. The van der Waals surface area contributed by atoms with Crippen molar-refractivity contribution in [1.82, 2.24) is 14.9 Å². The Balaban J connectivity index is 1.29. The molecule has 4 aromatic rings. The number of anilines is 2. The molecule has 2 N–H and O–H groups in total. The summed E-state index contributed by atoms with van der Waals surface area (Å²) in [5.74, 6) is 0. The molecule has 3 heterocycles. The molecule has 2 aliphatic rings. The van der Waals surface area contributed by atoms with Gasteiger partial charge < -0.3 is 19.5 Å². The van der Waals surface area contributed by atoms with Crippen molar-refractivity contribution < 1.29 is 4.21 Å². The van der Waals surface area contributed by atoms with Crippen LogP contribution >= 0.6 is 0 Å². The van der Waals surface area contributed by atoms with E-state index in [-0.39, 0.29) is 0 Å². The first-order chi connectivity index (χ1) is 17.5. The van der Waals surface area contributed by atoms with Crippen LogP contribution in [-0.4, -0.2) is 57.6 Å². The first-order valence-electron chi connectivity index (χ1n) is 12.8. The standard InChI is InChI=1S/C29H33N5OS/c1-19-14-22(15-20(2)28(19)34-12-10-33(3)11-13-34)23-16-26-27(18-31-29(26)30-17-23)21-4-6-24(7-5-21)32-36(35)25-8-9-25/h4-7,14-18,25,32H,8-13H2,1-3H3,(H,30,31). The van der Waals surface area contributed by atoms with E-state index >= 15 is 0 Å². The molecule has 0 amide bonds. The maximum atomic E-state index is 12.2. The van der Waals surface area contributed by atoms with Gasteiger partial charge in [0.1, 0.15) is 16.6 Å². The number of aryl methyl sites for hydroxylation is 2. The van der Waals surface area contributed by atoms with Crippen LogP contribution in [0.4, 0.5) is 11.4 Å². The molecule has 6 nitrogen and oxygen atoms in total. The summed E-state index contributed by atoms with van der Waals surface area (Å²) in [5, 5.41) is 1.42. The summed E-state index contributed by atoms with van der Waals surface area (Å²) in [6.07, 6.45) is 6.10. The van der Waals surface area contributed by atoms with Crippen LogP contribution in [0, 0.1) is 13.8 Å². The number of pyridine rings is 1. The Labute approximate surface area is 215 Å². The van der Waals surface area contributed by atoms with E-state index in [0.717, 1.165) is 72.4 Å². The number of rotatable bonds is 6. The highest BCUT2D eigenvalue weighted by Crippen LogP contribution is 2.35. The van der Waals surface area contributed by atoms with Gasteiger partial charge in [-0.05, 0) is 86.3 Å². The summed E-state index contributed by atoms with van der Waals surface area (Å²) in [4.78, 5) is 13.0. The van der Waals surface area contributed by atoms with Crippen LogP contribution in [0.15, 0.2) is 54.9 Å². The SMILES string of the molecule is Cc1cc(-c2cnc3[nH]cc(-c4ccc(NS(=O)C5CC5)cc4)c3c2)cc(C)c1N1CCN(C)CC1. The minimum atomic E-state index is -0.982. The molecule has 2 aromatic heterocycles. The molecule has 186 valence electrons. The van der Waals surface area contributed by atoms with E-state index in [1.807, 2.05) is 24.5 Å². The number of fused-ring (bicyclic) bond motifs is 1. The highest BCUT2D eigenvalue weighted by molar-refractivity contribution is 7.87. The fourth-order valence-electron chi connectivity index (χ4n) is 5.25. The molecule has 0 bridgehead atoms. The van der Waals surface area contributed by atoms with Crippen LogP contribution in [-0.2, 0) is 11.0 Å². The molecule has 36 heavy (non-hydrogen) atoms. The third-order valence-electron chi connectivity index (χ3n) is 7.42. The number of aromatic nitrogens is 2. The molecule has 1 saturated heterocycles. The summed E-state index contributed by atoms with van der Waals surface area (Å²) in [5.41, 5.74) is 10.3. The van der Waals surface area contributed by atoms with Gasteiger partial charge in [0.05, 0.1) is 5.25 Å². The van der Waals surface area contributed by atoms with Crippen molar-refractivity contribution in [2.75, 3.05) is 42.8 Å². The van der Waals surface area contributed by atoms with Crippen molar-refractivity contribution >= 4 is 33.4 Å². The second-order valence-electron chi connectivity index (χ2n) is 10.2. The van der Waals surface area contributed by atoms with Crippen molar-refractivity contribution in [3.05, 3.63) is 66.0 Å². The zero-order valence-electron chi connectivity index (χ0n) is 21.2. The Morgan fingerprint density at radius 1 is 0.944 bits per heavy atom. The van der Waals surface area contributed by atoms with E-state index in [2.05, 4.69) is 70.7 Å². The van der Waals surface area contributed by atoms with Crippen molar-refractivity contribution in [3.63, 3.8) is 0 Å². The Bertz CT molecular complexity index is 1410. The average molecular weight is 500 g/mol. The van der Waals surface area contributed by atoms with Gasteiger partial charge in [0.15, 0.2) is 0 Å². The van der Waals surface area contributed by atoms with Gasteiger partial charge in [-0.3, -0.25) is 0 Å². The van der Waals surface area contributed by atoms with Crippen LogP contribution in [0.2, 0.25) is 0 Å². The minimum absolute atomic E-state index is 0.311. The number of nitrogens with zero attached hydrogens (tertiary/aromatic N) is 3. The van der Waals surface area contributed by atoms with E-state index in [1.165, 1.54) is 22.4 Å². The Kier molecular flexibility index (Phi) is 6.05. The molecule has 6 rings (SSSR count). The number of hydrogen-bond acceptors (Lipinski definition) is 4. The monoisotopic (exact) mass is 499 g/mol. The third kappa shape index (κ3) is 4.53. The fraction of sp³-hybridized carbons (Fsp3) is 0.345. The molecule has 1 unspecified atom stereocenters. The van der Waals surface area contributed by atoms with Gasteiger partial charge in [-0.1, -0.05) is 12.1 Å². The van der Waals surface area contributed by atoms with E-state index in [4.69, 9.17) is 4.98 Å². The highest BCUT2D eigenvalue weighted by atomic mass is 32.2. The summed E-state index contributed by atoms with van der Waals surface area (Å²) < 4.78 is 15.3. The summed E-state index contributed by atoms with van der Waals surface area (Å²) in [6, 6.07) is 15.0. The molecule has 1 atom stereocenters. The Morgan fingerprint density at radius 3 is 2.31 bits per heavy atom. The number of likely N-dealkylation sites (N-methyl/N-ethyl adjacent to an activating group) is 1. The smallest absolute Gasteiger partial charge is 0.137 e. The summed E-state index contributed by atoms with van der Waals surface area (Å²) in [7, 11) is 1.21. The van der Waals surface area contributed by atoms with E-state index in [9.17, 15) is 4.21 Å². The van der Waals surface area contributed by atoms with Gasteiger partial charge in [0.25, 0.3) is 0 Å². The lowest BCUT2D eigenvalue weighted by Gasteiger charge is -2.36. The van der Waals surface area contributed by atoms with E-state index in [1.54, 1.807) is 0 Å². The molecular weight excluding hydrogens is 466 g/mol. The topological polar surface area (TPSA) is 64.3 Å². The molecule has 1 aliphatic carbocycles. The Hall–Kier alpha value is -3.16. The number of aromatic amines is 1. The quantitative estimate of drug-likeness (QED) is 0.368. The third-order valence-corrected chi connectivity index (χ3v) is 8.93. The molecule has 1 aliphatic heterocycles.